The summed E-state index contributed by atoms with van der Waals surface area (Å²) in [5, 5.41) is 2.89. The molecule has 3 N–H and O–H groups in total. The molecule has 0 radical (unpaired) electrons. The number of nitrogens with one attached hydrogen (secondary N) is 1. The second-order valence-corrected chi connectivity index (χ2v) is 6.73. The smallest absolute Gasteiger partial charge is 0.267 e. The molecule has 0 saturated heterocycles. The first-order chi connectivity index (χ1) is 14.2. The summed E-state index contributed by atoms with van der Waals surface area (Å²) in [6.07, 6.45) is 3.44. The number of hydrogen-bond donors (Lipinski definition) is 2. The molecule has 0 unspecified atom stereocenters. The Balaban J connectivity index is 1.94. The Morgan fingerprint density at radius 2 is 1.59 bits per heavy atom. The molecule has 0 bridgehead atoms. The Bertz CT molecular complexity index is 1060. The van der Waals surface area contributed by atoms with Crippen LogP contribution in [0.1, 0.15) is 9.67 Å². The van der Waals surface area contributed by atoms with E-state index in [0.717, 1.165) is 11.3 Å². The first-order valence-electron chi connectivity index (χ1n) is 8.91. The Morgan fingerprint density at radius 3 is 2.28 bits per heavy atom. The maximum atomic E-state index is 12.8. The van der Waals surface area contributed by atoms with E-state index in [-0.39, 0.29) is 5.91 Å². The number of anilines is 2. The van der Waals surface area contributed by atoms with Crippen molar-refractivity contribution in [3.8, 4) is 11.3 Å². The van der Waals surface area contributed by atoms with Crippen LogP contribution in [0.2, 0.25) is 0 Å². The Morgan fingerprint density at radius 1 is 0.862 bits per heavy atom. The third-order valence-electron chi connectivity index (χ3n) is 3.79. The van der Waals surface area contributed by atoms with Crippen LogP contribution in [0.15, 0.2) is 103 Å². The molecule has 29 heavy (non-hydrogen) atoms. The average Bonchev–Trinajstić information content (AvgIpc) is 2.83. The van der Waals surface area contributed by atoms with E-state index in [1.165, 1.54) is 11.3 Å². The van der Waals surface area contributed by atoms with Crippen LogP contribution in [-0.2, 0) is 0 Å². The number of nitrogen functional groups attached to an aromatic ring is 1. The summed E-state index contributed by atoms with van der Waals surface area (Å²) >= 11 is 1.17. The van der Waals surface area contributed by atoms with Crippen molar-refractivity contribution in [3.05, 3.63) is 108 Å². The molecule has 3 rings (SSSR count). The van der Waals surface area contributed by atoms with E-state index in [9.17, 15) is 4.79 Å². The van der Waals surface area contributed by atoms with Gasteiger partial charge in [-0.25, -0.2) is 4.98 Å². The number of amides is 1. The molecule has 0 atom stereocenters. The van der Waals surface area contributed by atoms with Crippen molar-refractivity contribution in [1.82, 2.24) is 9.97 Å². The number of nitrogens with two attached hydrogens (primary N) is 1. The minimum absolute atomic E-state index is 0.297. The second kappa shape index (κ2) is 10.5. The largest absolute Gasteiger partial charge is 0.397 e. The molecule has 0 spiro atoms. The van der Waals surface area contributed by atoms with E-state index in [0.29, 0.717) is 16.3 Å². The molecule has 144 valence electrons. The van der Waals surface area contributed by atoms with E-state index < -0.39 is 0 Å². The lowest BCUT2D eigenvalue weighted by Gasteiger charge is -2.04. The molecule has 6 heteroatoms. The fourth-order valence-corrected chi connectivity index (χ4v) is 3.03. The van der Waals surface area contributed by atoms with E-state index in [2.05, 4.69) is 15.3 Å². The minimum Gasteiger partial charge on any atom is -0.397 e. The molecule has 0 aliphatic heterocycles. The van der Waals surface area contributed by atoms with Gasteiger partial charge in [0.25, 0.3) is 5.91 Å². The topological polar surface area (TPSA) is 80.9 Å². The molecular weight excluding hydrogens is 380 g/mol. The molecule has 2 heterocycles. The molecule has 0 aliphatic carbocycles. The van der Waals surface area contributed by atoms with E-state index >= 15 is 0 Å². The van der Waals surface area contributed by atoms with Gasteiger partial charge < -0.3 is 11.1 Å². The maximum absolute atomic E-state index is 12.8. The lowest BCUT2D eigenvalue weighted by Crippen LogP contribution is -2.12. The Kier molecular flexibility index (Phi) is 7.26. The number of aromatic nitrogens is 2. The van der Waals surface area contributed by atoms with Gasteiger partial charge in [0.15, 0.2) is 0 Å². The summed E-state index contributed by atoms with van der Waals surface area (Å²) in [5.41, 5.74) is 10.4. The van der Waals surface area contributed by atoms with Crippen LogP contribution in [-0.4, -0.2) is 15.9 Å². The van der Waals surface area contributed by atoms with E-state index in [4.69, 9.17) is 5.73 Å². The maximum Gasteiger partial charge on any atom is 0.267 e. The summed E-state index contributed by atoms with van der Waals surface area (Å²) in [7, 11) is 0. The molecule has 1 amide bonds. The fraction of sp³-hybridized carbons (Fsp3) is 0. The first kappa shape index (κ1) is 20.0. The highest BCUT2D eigenvalue weighted by Gasteiger charge is 2.09. The molecule has 1 aromatic carbocycles. The molecular formula is C23H20N4OS. The van der Waals surface area contributed by atoms with Crippen molar-refractivity contribution in [3.63, 3.8) is 0 Å². The van der Waals surface area contributed by atoms with Crippen LogP contribution in [0.25, 0.3) is 11.3 Å². The minimum atomic E-state index is -0.297. The van der Waals surface area contributed by atoms with Gasteiger partial charge in [-0.3, -0.25) is 9.78 Å². The average molecular weight is 401 g/mol. The molecule has 0 saturated carbocycles. The van der Waals surface area contributed by atoms with Crippen LogP contribution in [0.4, 0.5) is 11.4 Å². The Labute approximate surface area is 173 Å². The summed E-state index contributed by atoms with van der Waals surface area (Å²) in [6, 6.07) is 25.9. The van der Waals surface area contributed by atoms with Gasteiger partial charge in [-0.15, -0.1) is 11.3 Å². The highest BCUT2D eigenvalue weighted by Crippen LogP contribution is 2.18. The normalized spacial score (nSPS) is 9.66. The number of hydrogen-bond acceptors (Lipinski definition) is 5. The zero-order chi connectivity index (χ0) is 20.3. The third-order valence-corrected chi connectivity index (χ3v) is 4.66. The van der Waals surface area contributed by atoms with Crippen molar-refractivity contribution in [2.45, 2.75) is 0 Å². The van der Waals surface area contributed by atoms with E-state index in [1.807, 2.05) is 72.8 Å². The molecule has 2 aromatic heterocycles. The lowest BCUT2D eigenvalue weighted by molar-refractivity contribution is 0.103. The molecule has 0 fully saturated rings. The number of carbonyl (C=O) groups is 1. The highest BCUT2D eigenvalue weighted by molar-refractivity contribution is 7.12. The molecule has 3 aromatic rings. The number of nitrogens with zero attached hydrogens (tertiary/aromatic N) is 2. The van der Waals surface area contributed by atoms with E-state index in [1.54, 1.807) is 30.0 Å². The van der Waals surface area contributed by atoms with Crippen molar-refractivity contribution in [2.75, 3.05) is 11.1 Å². The summed E-state index contributed by atoms with van der Waals surface area (Å²) in [5.74, 6) is -0.297. The quantitative estimate of drug-likeness (QED) is 0.626. The van der Waals surface area contributed by atoms with Crippen LogP contribution in [0.5, 0.6) is 0 Å². The van der Waals surface area contributed by atoms with Crippen molar-refractivity contribution >= 4 is 28.6 Å². The van der Waals surface area contributed by atoms with Crippen LogP contribution < -0.4 is 11.1 Å². The van der Waals surface area contributed by atoms with Crippen molar-refractivity contribution < 1.29 is 4.79 Å². The van der Waals surface area contributed by atoms with Gasteiger partial charge in [-0.05, 0) is 36.4 Å². The summed E-state index contributed by atoms with van der Waals surface area (Å²) < 4.78 is 0. The summed E-state index contributed by atoms with van der Waals surface area (Å²) in [6.45, 7) is 0. The number of pyridine rings is 1. The summed E-state index contributed by atoms with van der Waals surface area (Å²) in [4.78, 5) is 21.8. The van der Waals surface area contributed by atoms with Crippen molar-refractivity contribution in [2.24, 2.45) is 0 Å². The highest BCUT2D eigenvalue weighted by atomic mass is 32.1. The van der Waals surface area contributed by atoms with Crippen LogP contribution in [0, 0.1) is 0 Å². The zero-order valence-electron chi connectivity index (χ0n) is 15.6. The van der Waals surface area contributed by atoms with Gasteiger partial charge in [0, 0.05) is 23.6 Å². The fourth-order valence-electron chi connectivity index (χ4n) is 2.40. The van der Waals surface area contributed by atoms with Gasteiger partial charge in [0.1, 0.15) is 4.88 Å². The predicted octanol–water partition coefficient (Wildman–Crippen LogP) is 5.29. The lowest BCUT2D eigenvalue weighted by atomic mass is 10.2. The third kappa shape index (κ3) is 6.12. The van der Waals surface area contributed by atoms with Gasteiger partial charge in [-0.1, -0.05) is 48.5 Å². The standard InChI is InChI=1S/C23H20N4OS/c24-20-13-8-14-21(18-10-9-15-25-16-18)26-17-29-22(20)23(28)27-19-11-6-4-2-1-3-5-7-12-19/h1-17H,24H2,(H,27,28). The predicted molar refractivity (Wildman–Crippen MR) is 119 cm³/mol. The first-order valence-corrected chi connectivity index (χ1v) is 9.79. The van der Waals surface area contributed by atoms with Gasteiger partial charge in [0.2, 0.25) is 0 Å². The van der Waals surface area contributed by atoms with Crippen LogP contribution >= 0.6 is 11.3 Å². The number of carbonyl (C=O) groups excluding carboxylic acids is 1. The van der Waals surface area contributed by atoms with Crippen LogP contribution in [0.3, 0.4) is 0 Å². The SMILES string of the molecule is Nc1cccc(-c2cccnc2)ncsc1C(=O)Nc1ccccccccc1. The van der Waals surface area contributed by atoms with Gasteiger partial charge >= 0.3 is 0 Å². The van der Waals surface area contributed by atoms with Gasteiger partial charge in [0.05, 0.1) is 16.9 Å². The second-order valence-electron chi connectivity index (χ2n) is 5.88. The number of rotatable bonds is 3. The van der Waals surface area contributed by atoms with Gasteiger partial charge in [-0.2, -0.15) is 0 Å². The zero-order valence-corrected chi connectivity index (χ0v) is 16.4. The molecule has 0 aliphatic rings. The molecule has 5 nitrogen and oxygen atoms in total. The Hall–Kier alpha value is -3.77. The monoisotopic (exact) mass is 400 g/mol. The van der Waals surface area contributed by atoms with Crippen molar-refractivity contribution in [1.29, 1.82) is 0 Å².